The van der Waals surface area contributed by atoms with Crippen molar-refractivity contribution in [1.29, 1.82) is 0 Å². The summed E-state index contributed by atoms with van der Waals surface area (Å²) < 4.78 is 16.4. The average molecular weight is 223 g/mol. The minimum atomic E-state index is -0.0370. The summed E-state index contributed by atoms with van der Waals surface area (Å²) in [5.74, 6) is 1.49. The molecule has 0 N–H and O–H groups in total. The van der Waals surface area contributed by atoms with Crippen LogP contribution in [0.4, 0.5) is 0 Å². The molecule has 1 heterocycles. The summed E-state index contributed by atoms with van der Waals surface area (Å²) >= 11 is 0. The monoisotopic (exact) mass is 223 g/mol. The molecule has 0 bridgehead atoms. The highest BCUT2D eigenvalue weighted by molar-refractivity contribution is 5.47. The van der Waals surface area contributed by atoms with Crippen LogP contribution in [0.1, 0.15) is 11.8 Å². The van der Waals surface area contributed by atoms with Gasteiger partial charge in [-0.1, -0.05) is 12.1 Å². The average Bonchev–Trinajstić information content (AvgIpc) is 2.74. The third-order valence-corrected chi connectivity index (χ3v) is 2.82. The van der Waals surface area contributed by atoms with E-state index in [0.29, 0.717) is 0 Å². The Labute approximate surface area is 95.7 Å². The first-order chi connectivity index (χ1) is 7.77. The van der Waals surface area contributed by atoms with Gasteiger partial charge in [0.15, 0.2) is 11.5 Å². The van der Waals surface area contributed by atoms with Crippen LogP contribution in [-0.2, 0) is 4.74 Å². The molecular formula is C12H17NO3. The molecule has 0 radical (unpaired) electrons. The number of nitrogens with zero attached hydrogens (tertiary/aromatic N) is 1. The van der Waals surface area contributed by atoms with E-state index in [1.165, 1.54) is 0 Å². The van der Waals surface area contributed by atoms with Crippen molar-refractivity contribution >= 4 is 0 Å². The van der Waals surface area contributed by atoms with Gasteiger partial charge in [-0.2, -0.15) is 0 Å². The lowest BCUT2D eigenvalue weighted by molar-refractivity contribution is 0.0430. The van der Waals surface area contributed by atoms with Gasteiger partial charge in [0.05, 0.1) is 20.8 Å². The highest BCUT2D eigenvalue weighted by Crippen LogP contribution is 2.38. The molecule has 1 saturated heterocycles. The molecule has 1 unspecified atom stereocenters. The van der Waals surface area contributed by atoms with Crippen molar-refractivity contribution in [2.24, 2.45) is 0 Å². The molecule has 0 spiro atoms. The Morgan fingerprint density at radius 2 is 2.12 bits per heavy atom. The van der Waals surface area contributed by atoms with Crippen molar-refractivity contribution < 1.29 is 14.2 Å². The van der Waals surface area contributed by atoms with Crippen LogP contribution >= 0.6 is 0 Å². The third kappa shape index (κ3) is 1.86. The Bertz CT molecular complexity index is 367. The molecule has 0 saturated carbocycles. The first kappa shape index (κ1) is 11.2. The van der Waals surface area contributed by atoms with Crippen LogP contribution in [0, 0.1) is 0 Å². The maximum atomic E-state index is 5.68. The van der Waals surface area contributed by atoms with Crippen LogP contribution < -0.4 is 9.47 Å². The van der Waals surface area contributed by atoms with Gasteiger partial charge in [-0.15, -0.1) is 0 Å². The van der Waals surface area contributed by atoms with Crippen molar-refractivity contribution in [1.82, 2.24) is 4.90 Å². The fourth-order valence-electron chi connectivity index (χ4n) is 1.99. The second kappa shape index (κ2) is 4.72. The Hall–Kier alpha value is -1.26. The van der Waals surface area contributed by atoms with Crippen molar-refractivity contribution in [3.63, 3.8) is 0 Å². The molecule has 1 atom stereocenters. The van der Waals surface area contributed by atoms with Gasteiger partial charge in [0.2, 0.25) is 0 Å². The molecule has 0 aliphatic carbocycles. The quantitative estimate of drug-likeness (QED) is 0.780. The second-order valence-electron chi connectivity index (χ2n) is 3.79. The molecule has 1 aromatic carbocycles. The Morgan fingerprint density at radius 3 is 2.69 bits per heavy atom. The van der Waals surface area contributed by atoms with E-state index in [2.05, 4.69) is 4.90 Å². The van der Waals surface area contributed by atoms with Gasteiger partial charge < -0.3 is 14.2 Å². The van der Waals surface area contributed by atoms with E-state index >= 15 is 0 Å². The first-order valence-electron chi connectivity index (χ1n) is 5.30. The molecule has 4 nitrogen and oxygen atoms in total. The van der Waals surface area contributed by atoms with E-state index in [-0.39, 0.29) is 6.23 Å². The second-order valence-corrected chi connectivity index (χ2v) is 3.79. The van der Waals surface area contributed by atoms with Gasteiger partial charge in [0, 0.05) is 12.1 Å². The SMILES string of the molecule is COc1cccc(C2OCCN2C)c1OC. The van der Waals surface area contributed by atoms with E-state index in [1.54, 1.807) is 14.2 Å². The lowest BCUT2D eigenvalue weighted by Crippen LogP contribution is -2.19. The maximum absolute atomic E-state index is 5.68. The predicted octanol–water partition coefficient (Wildman–Crippen LogP) is 1.66. The van der Waals surface area contributed by atoms with Crippen LogP contribution in [0.15, 0.2) is 18.2 Å². The molecule has 1 fully saturated rings. The number of hydrogen-bond donors (Lipinski definition) is 0. The van der Waals surface area contributed by atoms with Crippen LogP contribution in [0.25, 0.3) is 0 Å². The molecule has 4 heteroatoms. The smallest absolute Gasteiger partial charge is 0.167 e. The Kier molecular flexibility index (Phi) is 3.31. The molecule has 16 heavy (non-hydrogen) atoms. The summed E-state index contributed by atoms with van der Waals surface area (Å²) in [6.45, 7) is 1.69. The summed E-state index contributed by atoms with van der Waals surface area (Å²) in [7, 11) is 5.33. The highest BCUT2D eigenvalue weighted by Gasteiger charge is 2.27. The minimum absolute atomic E-state index is 0.0370. The van der Waals surface area contributed by atoms with Gasteiger partial charge >= 0.3 is 0 Å². The fraction of sp³-hybridized carbons (Fsp3) is 0.500. The van der Waals surface area contributed by atoms with Gasteiger partial charge in [-0.05, 0) is 13.1 Å². The molecule has 1 aliphatic rings. The summed E-state index contributed by atoms with van der Waals surface area (Å²) in [5, 5.41) is 0. The summed E-state index contributed by atoms with van der Waals surface area (Å²) in [6.07, 6.45) is -0.0370. The molecular weight excluding hydrogens is 206 g/mol. The lowest BCUT2D eigenvalue weighted by atomic mass is 10.1. The largest absolute Gasteiger partial charge is 0.493 e. The maximum Gasteiger partial charge on any atom is 0.167 e. The third-order valence-electron chi connectivity index (χ3n) is 2.82. The summed E-state index contributed by atoms with van der Waals surface area (Å²) in [5.41, 5.74) is 1.02. The Morgan fingerprint density at radius 1 is 1.31 bits per heavy atom. The fourth-order valence-corrected chi connectivity index (χ4v) is 1.99. The van der Waals surface area contributed by atoms with E-state index in [9.17, 15) is 0 Å². The summed E-state index contributed by atoms with van der Waals surface area (Å²) in [4.78, 5) is 2.15. The lowest BCUT2D eigenvalue weighted by Gasteiger charge is -2.21. The topological polar surface area (TPSA) is 30.9 Å². The molecule has 0 aromatic heterocycles. The number of ether oxygens (including phenoxy) is 3. The predicted molar refractivity (Wildman–Crippen MR) is 60.9 cm³/mol. The number of benzene rings is 1. The van der Waals surface area contributed by atoms with E-state index in [1.807, 2.05) is 25.2 Å². The standard InChI is InChI=1S/C12H17NO3/c1-13-7-8-16-12(13)9-5-4-6-10(14-2)11(9)15-3/h4-6,12H,7-8H2,1-3H3. The first-order valence-corrected chi connectivity index (χ1v) is 5.30. The zero-order valence-electron chi connectivity index (χ0n) is 9.90. The number of methoxy groups -OCH3 is 2. The molecule has 1 aromatic rings. The zero-order chi connectivity index (χ0) is 11.5. The number of rotatable bonds is 3. The van der Waals surface area contributed by atoms with E-state index < -0.39 is 0 Å². The molecule has 88 valence electrons. The van der Waals surface area contributed by atoms with Crippen LogP contribution in [-0.4, -0.2) is 39.3 Å². The molecule has 2 rings (SSSR count). The molecule has 0 amide bonds. The normalized spacial score (nSPS) is 21.1. The van der Waals surface area contributed by atoms with Gasteiger partial charge in [0.25, 0.3) is 0 Å². The van der Waals surface area contributed by atoms with Gasteiger partial charge in [0.1, 0.15) is 6.23 Å². The van der Waals surface area contributed by atoms with Crippen molar-refractivity contribution in [3.8, 4) is 11.5 Å². The summed E-state index contributed by atoms with van der Waals surface area (Å²) in [6, 6.07) is 5.84. The van der Waals surface area contributed by atoms with Crippen molar-refractivity contribution in [2.75, 3.05) is 34.4 Å². The van der Waals surface area contributed by atoms with E-state index in [0.717, 1.165) is 30.2 Å². The van der Waals surface area contributed by atoms with Gasteiger partial charge in [-0.25, -0.2) is 0 Å². The van der Waals surface area contributed by atoms with Crippen molar-refractivity contribution in [2.45, 2.75) is 6.23 Å². The number of para-hydroxylation sites is 1. The zero-order valence-corrected chi connectivity index (χ0v) is 9.90. The highest BCUT2D eigenvalue weighted by atomic mass is 16.5. The van der Waals surface area contributed by atoms with Gasteiger partial charge in [-0.3, -0.25) is 4.90 Å². The van der Waals surface area contributed by atoms with Crippen LogP contribution in [0.5, 0.6) is 11.5 Å². The van der Waals surface area contributed by atoms with Crippen LogP contribution in [0.2, 0.25) is 0 Å². The van der Waals surface area contributed by atoms with Crippen LogP contribution in [0.3, 0.4) is 0 Å². The number of hydrogen-bond acceptors (Lipinski definition) is 4. The number of likely N-dealkylation sites (N-methyl/N-ethyl adjacent to an activating group) is 1. The molecule has 1 aliphatic heterocycles. The Balaban J connectivity index is 2.39. The van der Waals surface area contributed by atoms with E-state index in [4.69, 9.17) is 14.2 Å². The minimum Gasteiger partial charge on any atom is -0.493 e. The van der Waals surface area contributed by atoms with Crippen molar-refractivity contribution in [3.05, 3.63) is 23.8 Å².